The largest absolute Gasteiger partial charge is 0.491 e. The van der Waals surface area contributed by atoms with Gasteiger partial charge in [0, 0.05) is 27.0 Å². The van der Waals surface area contributed by atoms with Crippen LogP contribution in [0.3, 0.4) is 0 Å². The van der Waals surface area contributed by atoms with Crippen LogP contribution < -0.4 is 14.2 Å². The van der Waals surface area contributed by atoms with Crippen molar-refractivity contribution in [2.45, 2.75) is 10.7 Å². The summed E-state index contributed by atoms with van der Waals surface area (Å²) in [4.78, 5) is 50.1. The van der Waals surface area contributed by atoms with E-state index in [1.54, 1.807) is 36.4 Å². The number of rotatable bonds is 20. The molecule has 5 rings (SSSR count). The van der Waals surface area contributed by atoms with Crippen molar-refractivity contribution in [3.63, 3.8) is 0 Å². The third kappa shape index (κ3) is 9.27. The van der Waals surface area contributed by atoms with Crippen molar-refractivity contribution in [3.8, 4) is 17.2 Å². The van der Waals surface area contributed by atoms with Gasteiger partial charge in [-0.15, -0.1) is 0 Å². The van der Waals surface area contributed by atoms with Gasteiger partial charge in [-0.2, -0.15) is 0 Å². The Morgan fingerprint density at radius 1 is 0.620 bits per heavy atom. The summed E-state index contributed by atoms with van der Waals surface area (Å²) in [6, 6.07) is 21.9. The standard InChI is InChI=1S/C37H35Br2NO10/c38-21-26-9-10-27(22-39)35-34(26)36(43)40(37(35)44)23-33(42)50-20-16-46-15-19-49-32-6-2-3-29-30(32)4-1-5-31(29)48-18-14-45-13-17-47-28-11-7-25(24-41)8-12-28/h1-12,24H,13-23H2. The van der Waals surface area contributed by atoms with E-state index in [0.29, 0.717) is 82.2 Å². The SMILES string of the molecule is O=Cc1ccc(OCCOCCOc2cccc3c(OCCOCCOC(=O)CN4C(=O)c5c(CBr)ccc(CBr)c5C4=O)cccc23)cc1. The van der Waals surface area contributed by atoms with Crippen LogP contribution in [0, 0.1) is 0 Å². The third-order valence-electron chi connectivity index (χ3n) is 7.69. The lowest BCUT2D eigenvalue weighted by molar-refractivity contribution is -0.145. The van der Waals surface area contributed by atoms with Gasteiger partial charge < -0.3 is 28.4 Å². The van der Waals surface area contributed by atoms with E-state index in [1.165, 1.54) is 0 Å². The fourth-order valence-corrected chi connectivity index (χ4v) is 6.22. The summed E-state index contributed by atoms with van der Waals surface area (Å²) >= 11 is 6.72. The maximum absolute atomic E-state index is 13.0. The number of amides is 2. The highest BCUT2D eigenvalue weighted by Gasteiger charge is 2.40. The van der Waals surface area contributed by atoms with Gasteiger partial charge in [0.1, 0.15) is 56.5 Å². The molecule has 1 heterocycles. The minimum Gasteiger partial charge on any atom is -0.491 e. The molecule has 0 aromatic heterocycles. The molecule has 0 unspecified atom stereocenters. The first-order valence-electron chi connectivity index (χ1n) is 15.8. The number of ether oxygens (including phenoxy) is 6. The molecule has 0 bridgehead atoms. The van der Waals surface area contributed by atoms with Gasteiger partial charge in [-0.1, -0.05) is 68.3 Å². The van der Waals surface area contributed by atoms with E-state index >= 15 is 0 Å². The Morgan fingerprint density at radius 3 is 1.62 bits per heavy atom. The Kier molecular flexibility index (Phi) is 13.8. The van der Waals surface area contributed by atoms with Crippen LogP contribution in [-0.4, -0.2) is 88.4 Å². The second kappa shape index (κ2) is 18.6. The number of esters is 1. The Labute approximate surface area is 306 Å². The van der Waals surface area contributed by atoms with Crippen molar-refractivity contribution in [1.82, 2.24) is 4.90 Å². The van der Waals surface area contributed by atoms with Crippen molar-refractivity contribution in [2.75, 3.05) is 59.4 Å². The van der Waals surface area contributed by atoms with Crippen molar-refractivity contribution < 1.29 is 47.6 Å². The maximum Gasteiger partial charge on any atom is 0.326 e. The predicted octanol–water partition coefficient (Wildman–Crippen LogP) is 6.15. The highest BCUT2D eigenvalue weighted by molar-refractivity contribution is 9.08. The van der Waals surface area contributed by atoms with Gasteiger partial charge in [0.15, 0.2) is 0 Å². The second-order valence-corrected chi connectivity index (χ2v) is 12.0. The molecule has 0 N–H and O–H groups in total. The van der Waals surface area contributed by atoms with Gasteiger partial charge in [0.25, 0.3) is 11.8 Å². The second-order valence-electron chi connectivity index (χ2n) is 10.9. The molecule has 1 aliphatic heterocycles. The summed E-state index contributed by atoms with van der Waals surface area (Å²) in [6.07, 6.45) is 0.786. The van der Waals surface area contributed by atoms with Crippen molar-refractivity contribution in [2.24, 2.45) is 0 Å². The first-order chi connectivity index (χ1) is 24.4. The molecule has 262 valence electrons. The van der Waals surface area contributed by atoms with E-state index in [-0.39, 0.29) is 26.4 Å². The van der Waals surface area contributed by atoms with Crippen LogP contribution in [0.2, 0.25) is 0 Å². The molecule has 50 heavy (non-hydrogen) atoms. The highest BCUT2D eigenvalue weighted by Crippen LogP contribution is 2.33. The van der Waals surface area contributed by atoms with Crippen LogP contribution in [0.1, 0.15) is 42.2 Å². The Bertz CT molecular complexity index is 1770. The quantitative estimate of drug-likeness (QED) is 0.0337. The number of aldehydes is 1. The van der Waals surface area contributed by atoms with Crippen LogP contribution >= 0.6 is 31.9 Å². The molecular formula is C37H35Br2NO10. The summed E-state index contributed by atoms with van der Waals surface area (Å²) in [5.74, 6) is 0.330. The minimum absolute atomic E-state index is 0.0384. The van der Waals surface area contributed by atoms with E-state index in [1.807, 2.05) is 36.4 Å². The third-order valence-corrected chi connectivity index (χ3v) is 8.90. The fraction of sp³-hybridized carbons (Fsp3) is 0.297. The molecule has 0 spiro atoms. The van der Waals surface area contributed by atoms with Gasteiger partial charge in [0.2, 0.25) is 0 Å². The smallest absolute Gasteiger partial charge is 0.326 e. The predicted molar refractivity (Wildman–Crippen MR) is 192 cm³/mol. The van der Waals surface area contributed by atoms with Crippen LogP contribution in [0.25, 0.3) is 10.8 Å². The van der Waals surface area contributed by atoms with Crippen LogP contribution in [0.15, 0.2) is 72.8 Å². The number of nitrogens with zero attached hydrogens (tertiary/aromatic N) is 1. The van der Waals surface area contributed by atoms with E-state index in [4.69, 9.17) is 28.4 Å². The van der Waals surface area contributed by atoms with Crippen molar-refractivity contribution in [1.29, 1.82) is 0 Å². The molecule has 4 aromatic rings. The number of carbonyl (C=O) groups excluding carboxylic acids is 4. The monoisotopic (exact) mass is 811 g/mol. The molecule has 1 aliphatic rings. The van der Waals surface area contributed by atoms with Gasteiger partial charge in [-0.25, -0.2) is 0 Å². The average Bonchev–Trinajstić information content (AvgIpc) is 3.39. The molecule has 0 atom stereocenters. The number of carbonyl (C=O) groups is 4. The Morgan fingerprint density at radius 2 is 1.12 bits per heavy atom. The lowest BCUT2D eigenvalue weighted by Gasteiger charge is -2.14. The first kappa shape index (κ1) is 37.0. The Hall–Kier alpha value is -4.30. The zero-order valence-electron chi connectivity index (χ0n) is 27.1. The normalized spacial score (nSPS) is 12.2. The fourth-order valence-electron chi connectivity index (χ4n) is 5.29. The van der Waals surface area contributed by atoms with E-state index in [9.17, 15) is 19.2 Å². The van der Waals surface area contributed by atoms with Crippen LogP contribution in [-0.2, 0) is 29.7 Å². The lowest BCUT2D eigenvalue weighted by Crippen LogP contribution is -2.36. The number of alkyl halides is 2. The number of fused-ring (bicyclic) bond motifs is 2. The highest BCUT2D eigenvalue weighted by atomic mass is 79.9. The van der Waals surface area contributed by atoms with Gasteiger partial charge in [-0.3, -0.25) is 24.1 Å². The molecular weight excluding hydrogens is 778 g/mol. The maximum atomic E-state index is 13.0. The van der Waals surface area contributed by atoms with Gasteiger partial charge >= 0.3 is 5.97 Å². The average molecular weight is 813 g/mol. The van der Waals surface area contributed by atoms with Crippen LogP contribution in [0.5, 0.6) is 17.2 Å². The molecule has 0 saturated heterocycles. The summed E-state index contributed by atoms with van der Waals surface area (Å²) in [5.41, 5.74) is 2.61. The molecule has 2 amide bonds. The summed E-state index contributed by atoms with van der Waals surface area (Å²) in [5, 5.41) is 2.59. The number of hydrogen-bond acceptors (Lipinski definition) is 10. The number of benzene rings is 4. The van der Waals surface area contributed by atoms with E-state index in [2.05, 4.69) is 31.9 Å². The minimum atomic E-state index is -0.701. The lowest BCUT2D eigenvalue weighted by atomic mass is 9.99. The summed E-state index contributed by atoms with van der Waals surface area (Å²) in [7, 11) is 0. The Balaban J connectivity index is 0.983. The molecule has 0 radical (unpaired) electrons. The molecule has 4 aromatic carbocycles. The number of imide groups is 1. The number of halogens is 2. The van der Waals surface area contributed by atoms with E-state index in [0.717, 1.165) is 22.0 Å². The number of hydrogen-bond donors (Lipinski definition) is 0. The topological polar surface area (TPSA) is 127 Å². The first-order valence-corrected chi connectivity index (χ1v) is 18.1. The van der Waals surface area contributed by atoms with E-state index < -0.39 is 24.3 Å². The van der Waals surface area contributed by atoms with Crippen molar-refractivity contribution in [3.05, 3.63) is 101 Å². The molecule has 0 fully saturated rings. The molecule has 0 saturated carbocycles. The van der Waals surface area contributed by atoms with Gasteiger partial charge in [-0.05, 0) is 47.5 Å². The van der Waals surface area contributed by atoms with Gasteiger partial charge in [0.05, 0.1) is 37.6 Å². The zero-order valence-corrected chi connectivity index (χ0v) is 30.2. The molecule has 0 aliphatic carbocycles. The van der Waals surface area contributed by atoms with Crippen LogP contribution in [0.4, 0.5) is 0 Å². The summed E-state index contributed by atoms with van der Waals surface area (Å²) in [6.45, 7) is 1.61. The zero-order chi connectivity index (χ0) is 35.3. The summed E-state index contributed by atoms with van der Waals surface area (Å²) < 4.78 is 34.0. The molecule has 11 nitrogen and oxygen atoms in total. The van der Waals surface area contributed by atoms with Crippen molar-refractivity contribution >= 4 is 66.7 Å². The molecule has 13 heteroatoms.